The molecule has 1 saturated heterocycles. The lowest BCUT2D eigenvalue weighted by Gasteiger charge is -2.36. The van der Waals surface area contributed by atoms with E-state index in [2.05, 4.69) is 30.0 Å². The van der Waals surface area contributed by atoms with Crippen molar-refractivity contribution in [2.75, 3.05) is 18.0 Å². The van der Waals surface area contributed by atoms with E-state index in [1.54, 1.807) is 12.1 Å². The number of rotatable bonds is 6. The number of aromatic hydroxyl groups is 1. The van der Waals surface area contributed by atoms with Crippen molar-refractivity contribution in [2.45, 2.75) is 39.5 Å². The maximum absolute atomic E-state index is 11.9. The van der Waals surface area contributed by atoms with Crippen molar-refractivity contribution in [2.24, 2.45) is 17.6 Å². The van der Waals surface area contributed by atoms with Crippen molar-refractivity contribution in [1.82, 2.24) is 9.97 Å². The number of carbonyl (C=O) groups is 1. The van der Waals surface area contributed by atoms with Gasteiger partial charge in [-0.3, -0.25) is 4.79 Å². The predicted molar refractivity (Wildman–Crippen MR) is 124 cm³/mol. The van der Waals surface area contributed by atoms with Crippen LogP contribution in [0.1, 0.15) is 38.2 Å². The molecule has 3 aromatic rings. The summed E-state index contributed by atoms with van der Waals surface area (Å²) in [5, 5.41) is 11.4. The van der Waals surface area contributed by atoms with Gasteiger partial charge in [0.05, 0.1) is 11.1 Å². The summed E-state index contributed by atoms with van der Waals surface area (Å²) in [7, 11) is 0. The maximum atomic E-state index is 11.9. The first-order valence-electron chi connectivity index (χ1n) is 11.1. The molecule has 1 aliphatic rings. The number of aryl methyl sites for hydroxylation is 1. The molecule has 0 bridgehead atoms. The highest BCUT2D eigenvalue weighted by atomic mass is 16.3. The molecule has 1 fully saturated rings. The topological polar surface area (TPSA) is 92.3 Å². The van der Waals surface area contributed by atoms with E-state index in [-0.39, 0.29) is 17.6 Å². The second-order valence-electron chi connectivity index (χ2n) is 8.53. The molecule has 162 valence electrons. The molecule has 1 amide bonds. The predicted octanol–water partition coefficient (Wildman–Crippen LogP) is 4.43. The van der Waals surface area contributed by atoms with E-state index in [9.17, 15) is 9.90 Å². The van der Waals surface area contributed by atoms with Gasteiger partial charge in [0.25, 0.3) is 0 Å². The van der Waals surface area contributed by atoms with E-state index in [0.29, 0.717) is 17.3 Å². The number of phenols is 1. The first-order chi connectivity index (χ1) is 15.0. The Balaban J connectivity index is 1.69. The summed E-state index contributed by atoms with van der Waals surface area (Å²) in [5.74, 6) is 1.67. The number of nitrogens with two attached hydrogens (primary N) is 1. The molecule has 1 unspecified atom stereocenters. The minimum absolute atomic E-state index is 0.0474. The fraction of sp³-hybridized carbons (Fsp3) is 0.400. The van der Waals surface area contributed by atoms with E-state index in [0.717, 1.165) is 61.1 Å². The molecule has 1 aliphatic heterocycles. The van der Waals surface area contributed by atoms with Crippen molar-refractivity contribution >= 4 is 22.6 Å². The fourth-order valence-electron chi connectivity index (χ4n) is 4.68. The van der Waals surface area contributed by atoms with Crippen LogP contribution in [0.15, 0.2) is 42.5 Å². The molecule has 1 atom stereocenters. The normalized spacial score (nSPS) is 15.9. The molecule has 6 heteroatoms. The van der Waals surface area contributed by atoms with Crippen molar-refractivity contribution in [3.05, 3.63) is 48.0 Å². The van der Waals surface area contributed by atoms with E-state index in [1.807, 2.05) is 19.1 Å². The van der Waals surface area contributed by atoms with Crippen molar-refractivity contribution < 1.29 is 9.90 Å². The van der Waals surface area contributed by atoms with Crippen LogP contribution in [0.3, 0.4) is 0 Å². The molecule has 2 heterocycles. The van der Waals surface area contributed by atoms with Gasteiger partial charge in [-0.1, -0.05) is 31.5 Å². The van der Waals surface area contributed by atoms with E-state index in [4.69, 9.17) is 15.7 Å². The number of primary amides is 1. The van der Waals surface area contributed by atoms with Crippen LogP contribution in [0.2, 0.25) is 0 Å². The highest BCUT2D eigenvalue weighted by Crippen LogP contribution is 2.35. The average molecular weight is 419 g/mol. The zero-order chi connectivity index (χ0) is 22.0. The van der Waals surface area contributed by atoms with Crippen LogP contribution in [-0.2, 0) is 4.79 Å². The number of fused-ring (bicyclic) bond motifs is 1. The fourth-order valence-corrected chi connectivity index (χ4v) is 4.68. The first-order valence-corrected chi connectivity index (χ1v) is 11.1. The Morgan fingerprint density at radius 3 is 2.61 bits per heavy atom. The summed E-state index contributed by atoms with van der Waals surface area (Å²) >= 11 is 0. The van der Waals surface area contributed by atoms with Gasteiger partial charge in [-0.15, -0.1) is 0 Å². The number of phenolic OH excluding ortho intramolecular Hbond substituents is 1. The number of hydrogen-bond donors (Lipinski definition) is 2. The highest BCUT2D eigenvalue weighted by Gasteiger charge is 2.30. The third kappa shape index (κ3) is 4.33. The maximum Gasteiger partial charge on any atom is 0.220 e. The molecule has 3 N–H and O–H groups in total. The van der Waals surface area contributed by atoms with Gasteiger partial charge in [0.15, 0.2) is 5.82 Å². The van der Waals surface area contributed by atoms with Crippen LogP contribution >= 0.6 is 0 Å². The number of carbonyl (C=O) groups excluding carboxylic acids is 1. The van der Waals surface area contributed by atoms with E-state index < -0.39 is 0 Å². The minimum atomic E-state index is -0.176. The Labute approximate surface area is 183 Å². The monoisotopic (exact) mass is 418 g/mol. The molecule has 0 spiro atoms. The number of anilines is 1. The summed E-state index contributed by atoms with van der Waals surface area (Å²) in [6.07, 6.45) is 3.65. The minimum Gasteiger partial charge on any atom is -0.507 e. The molecule has 31 heavy (non-hydrogen) atoms. The molecular formula is C25H30N4O2. The molecule has 0 radical (unpaired) electrons. The Kier molecular flexibility index (Phi) is 6.07. The number of piperidine rings is 1. The van der Waals surface area contributed by atoms with E-state index >= 15 is 0 Å². The number of amides is 1. The van der Waals surface area contributed by atoms with Gasteiger partial charge >= 0.3 is 0 Å². The number of aromatic nitrogens is 2. The Morgan fingerprint density at radius 1 is 1.19 bits per heavy atom. The molecule has 4 rings (SSSR count). The molecule has 0 aliphatic carbocycles. The highest BCUT2D eigenvalue weighted by molar-refractivity contribution is 5.92. The van der Waals surface area contributed by atoms with Crippen LogP contribution in [0.4, 0.5) is 5.82 Å². The van der Waals surface area contributed by atoms with E-state index in [1.165, 1.54) is 0 Å². The molecule has 6 nitrogen and oxygen atoms in total. The van der Waals surface area contributed by atoms with Crippen LogP contribution in [-0.4, -0.2) is 34.1 Å². The molecule has 0 saturated carbocycles. The Bertz CT molecular complexity index is 1090. The summed E-state index contributed by atoms with van der Waals surface area (Å²) in [4.78, 5) is 23.9. The van der Waals surface area contributed by atoms with Crippen LogP contribution in [0.5, 0.6) is 5.75 Å². The summed E-state index contributed by atoms with van der Waals surface area (Å²) in [5.41, 5.74) is 8.31. The van der Waals surface area contributed by atoms with Gasteiger partial charge in [-0.05, 0) is 61.9 Å². The second kappa shape index (κ2) is 8.92. The largest absolute Gasteiger partial charge is 0.507 e. The third-order valence-corrected chi connectivity index (χ3v) is 6.35. The number of nitrogens with zero attached hydrogens (tertiary/aromatic N) is 3. The third-order valence-electron chi connectivity index (χ3n) is 6.35. The number of para-hydroxylation sites is 1. The molecule has 2 aromatic carbocycles. The van der Waals surface area contributed by atoms with Gasteiger partial charge in [0.1, 0.15) is 11.6 Å². The number of benzene rings is 2. The molecular weight excluding hydrogens is 388 g/mol. The SMILES string of the molecule is CCCC(C(N)=O)C1CCN(c2nc(-c3ccccc3O)nc3cc(C)ccc23)CC1. The Morgan fingerprint density at radius 2 is 1.94 bits per heavy atom. The van der Waals surface area contributed by atoms with Crippen molar-refractivity contribution in [1.29, 1.82) is 0 Å². The lowest BCUT2D eigenvalue weighted by molar-refractivity contribution is -0.124. The average Bonchev–Trinajstić information content (AvgIpc) is 2.77. The summed E-state index contributed by atoms with van der Waals surface area (Å²) in [6, 6.07) is 13.4. The van der Waals surface area contributed by atoms with Crippen LogP contribution < -0.4 is 10.6 Å². The van der Waals surface area contributed by atoms with Gasteiger partial charge in [0, 0.05) is 24.4 Å². The lowest BCUT2D eigenvalue weighted by atomic mass is 9.81. The number of hydrogen-bond acceptors (Lipinski definition) is 5. The summed E-state index contributed by atoms with van der Waals surface area (Å²) < 4.78 is 0. The van der Waals surface area contributed by atoms with Gasteiger partial charge in [0.2, 0.25) is 5.91 Å². The van der Waals surface area contributed by atoms with Crippen LogP contribution in [0.25, 0.3) is 22.3 Å². The first kappa shape index (κ1) is 21.1. The van der Waals surface area contributed by atoms with Gasteiger partial charge in [-0.25, -0.2) is 9.97 Å². The smallest absolute Gasteiger partial charge is 0.220 e. The molecule has 1 aromatic heterocycles. The van der Waals surface area contributed by atoms with Crippen molar-refractivity contribution in [3.63, 3.8) is 0 Å². The Hall–Kier alpha value is -3.15. The zero-order valence-electron chi connectivity index (χ0n) is 18.2. The quantitative estimate of drug-likeness (QED) is 0.618. The van der Waals surface area contributed by atoms with Gasteiger partial charge < -0.3 is 15.7 Å². The zero-order valence-corrected chi connectivity index (χ0v) is 18.2. The summed E-state index contributed by atoms with van der Waals surface area (Å²) in [6.45, 7) is 5.78. The second-order valence-corrected chi connectivity index (χ2v) is 8.53. The standard InChI is InChI=1S/C25H30N4O2/c1-3-6-18(23(26)31)17-11-13-29(14-12-17)25-19-10-9-16(2)15-21(19)27-24(28-25)20-7-4-5-8-22(20)30/h4-5,7-10,15,17-18,30H,3,6,11-14H2,1-2H3,(H2,26,31). The van der Waals surface area contributed by atoms with Crippen LogP contribution in [0, 0.1) is 18.8 Å². The van der Waals surface area contributed by atoms with Gasteiger partial charge in [-0.2, -0.15) is 0 Å². The van der Waals surface area contributed by atoms with Crippen molar-refractivity contribution in [3.8, 4) is 17.1 Å². The lowest BCUT2D eigenvalue weighted by Crippen LogP contribution is -2.40.